The summed E-state index contributed by atoms with van der Waals surface area (Å²) in [7, 11) is -1.53. The maximum atomic E-state index is 11.9. The molecule has 1 amide bonds. The van der Waals surface area contributed by atoms with Crippen molar-refractivity contribution in [2.75, 3.05) is 11.9 Å². The molecule has 1 aromatic carbocycles. The number of nitrogens with zero attached hydrogens (tertiary/aromatic N) is 3. The van der Waals surface area contributed by atoms with Crippen LogP contribution in [0.3, 0.4) is 0 Å². The van der Waals surface area contributed by atoms with E-state index in [9.17, 15) is 14.8 Å². The summed E-state index contributed by atoms with van der Waals surface area (Å²) in [6.07, 6.45) is 2.54. The second-order valence-electron chi connectivity index (χ2n) is 8.31. The molecule has 5 rings (SSSR count). The number of pyridine rings is 1. The topological polar surface area (TPSA) is 135 Å². The number of rotatable bonds is 6. The van der Waals surface area contributed by atoms with E-state index < -0.39 is 13.0 Å². The van der Waals surface area contributed by atoms with Crippen molar-refractivity contribution < 1.29 is 19.6 Å². The van der Waals surface area contributed by atoms with E-state index in [0.717, 1.165) is 28.1 Å². The van der Waals surface area contributed by atoms with E-state index in [1.54, 1.807) is 30.3 Å². The van der Waals surface area contributed by atoms with E-state index in [-0.39, 0.29) is 0 Å². The maximum Gasteiger partial charge on any atom is 0.488 e. The lowest BCUT2D eigenvalue weighted by atomic mass is 9.79. The number of aryl methyl sites for hydroxylation is 1. The van der Waals surface area contributed by atoms with Crippen molar-refractivity contribution >= 4 is 29.8 Å². The Labute approximate surface area is 196 Å². The molecule has 0 radical (unpaired) electrons. The Bertz CT molecular complexity index is 1400. The summed E-state index contributed by atoms with van der Waals surface area (Å²) in [5, 5.41) is 22.3. The van der Waals surface area contributed by atoms with Crippen LogP contribution in [0.25, 0.3) is 17.0 Å². The van der Waals surface area contributed by atoms with Crippen molar-refractivity contribution in [1.82, 2.24) is 14.4 Å². The maximum absolute atomic E-state index is 11.9. The summed E-state index contributed by atoms with van der Waals surface area (Å²) in [6, 6.07) is 12.5. The highest BCUT2D eigenvalue weighted by Gasteiger charge is 2.22. The van der Waals surface area contributed by atoms with Crippen LogP contribution in [0.15, 0.2) is 48.7 Å². The molecule has 0 fully saturated rings. The first-order valence-electron chi connectivity index (χ1n) is 11.0. The number of hydrogen-bond donors (Lipinski definition) is 4. The van der Waals surface area contributed by atoms with E-state index in [2.05, 4.69) is 5.32 Å². The number of primary amides is 1. The molecule has 1 aliphatic rings. The number of carbonyl (C=O) groups excluding carboxylic acids is 1. The van der Waals surface area contributed by atoms with Crippen LogP contribution in [0.5, 0.6) is 0 Å². The van der Waals surface area contributed by atoms with Crippen LogP contribution in [0.2, 0.25) is 0 Å². The monoisotopic (exact) mass is 457 g/mol. The van der Waals surface area contributed by atoms with Gasteiger partial charge in [0.2, 0.25) is 0 Å². The molecule has 4 heterocycles. The number of fused-ring (bicyclic) bond motifs is 2. The van der Waals surface area contributed by atoms with Crippen LogP contribution in [0, 0.1) is 6.92 Å². The molecule has 3 aromatic heterocycles. The number of nitrogens with one attached hydrogen (secondary N) is 1. The lowest BCUT2D eigenvalue weighted by molar-refractivity contribution is 0.100. The number of benzene rings is 1. The van der Waals surface area contributed by atoms with Gasteiger partial charge in [0, 0.05) is 24.7 Å². The van der Waals surface area contributed by atoms with Gasteiger partial charge >= 0.3 is 7.12 Å². The van der Waals surface area contributed by atoms with Crippen molar-refractivity contribution in [1.29, 1.82) is 0 Å². The van der Waals surface area contributed by atoms with E-state index in [4.69, 9.17) is 20.4 Å². The summed E-state index contributed by atoms with van der Waals surface area (Å²) in [4.78, 5) is 21.6. The normalized spacial score (nSPS) is 13.0. The Morgan fingerprint density at radius 1 is 1.24 bits per heavy atom. The summed E-state index contributed by atoms with van der Waals surface area (Å²) >= 11 is 0. The van der Waals surface area contributed by atoms with Crippen LogP contribution in [0.1, 0.15) is 32.7 Å². The molecule has 0 bridgehead atoms. The molecule has 34 heavy (non-hydrogen) atoms. The van der Waals surface area contributed by atoms with Gasteiger partial charge in [0.15, 0.2) is 5.82 Å². The van der Waals surface area contributed by atoms with Crippen molar-refractivity contribution in [2.24, 2.45) is 5.73 Å². The third-order valence-corrected chi connectivity index (χ3v) is 6.01. The van der Waals surface area contributed by atoms with Crippen molar-refractivity contribution in [3.05, 3.63) is 76.6 Å². The van der Waals surface area contributed by atoms with Gasteiger partial charge in [-0.05, 0) is 41.7 Å². The molecule has 0 aliphatic carbocycles. The molecular formula is C24H24BN5O4. The molecule has 0 spiro atoms. The van der Waals surface area contributed by atoms with E-state index >= 15 is 0 Å². The van der Waals surface area contributed by atoms with Crippen LogP contribution in [0.4, 0.5) is 5.82 Å². The Kier molecular flexibility index (Phi) is 5.78. The molecule has 0 saturated carbocycles. The van der Waals surface area contributed by atoms with Gasteiger partial charge in [-0.25, -0.2) is 9.97 Å². The summed E-state index contributed by atoms with van der Waals surface area (Å²) in [6.45, 7) is 3.38. The predicted molar refractivity (Wildman–Crippen MR) is 129 cm³/mol. The molecule has 0 atom stereocenters. The van der Waals surface area contributed by atoms with Gasteiger partial charge in [-0.3, -0.25) is 4.79 Å². The Morgan fingerprint density at radius 2 is 2.09 bits per heavy atom. The first kappa shape index (κ1) is 22.1. The number of carbonyl (C=O) groups is 1. The minimum absolute atomic E-state index is 0.410. The van der Waals surface area contributed by atoms with E-state index in [1.807, 2.05) is 29.7 Å². The molecule has 9 nitrogen and oxygen atoms in total. The standard InChI is InChI=1S/C24H24BN5O4/c1-14-10-20-17(22(26)31)6-3-8-30(20)21(14)24-28-19-7-9-34-13-18(19)23(29-24)27-12-15-4-2-5-16(11-15)25(32)33/h2-6,8,10-11,32-33H,7,9,12-13H2,1H3,(H2,26,31)(H,27,28,29). The molecule has 4 aromatic rings. The van der Waals surface area contributed by atoms with Gasteiger partial charge in [0.1, 0.15) is 5.82 Å². The third-order valence-electron chi connectivity index (χ3n) is 6.01. The molecule has 0 saturated heterocycles. The fourth-order valence-electron chi connectivity index (χ4n) is 4.35. The van der Waals surface area contributed by atoms with Crippen LogP contribution in [-0.2, 0) is 24.3 Å². The molecule has 5 N–H and O–H groups in total. The van der Waals surface area contributed by atoms with Gasteiger partial charge < -0.3 is 30.2 Å². The first-order valence-corrected chi connectivity index (χ1v) is 11.0. The zero-order valence-corrected chi connectivity index (χ0v) is 18.7. The Hall–Kier alpha value is -3.73. The predicted octanol–water partition coefficient (Wildman–Crippen LogP) is 1.17. The minimum atomic E-state index is -1.53. The molecule has 10 heteroatoms. The van der Waals surface area contributed by atoms with Crippen molar-refractivity contribution in [3.8, 4) is 11.5 Å². The summed E-state index contributed by atoms with van der Waals surface area (Å²) < 4.78 is 7.56. The highest BCUT2D eigenvalue weighted by Crippen LogP contribution is 2.31. The number of anilines is 1. The Balaban J connectivity index is 1.57. The molecule has 0 unspecified atom stereocenters. The number of hydrogen-bond acceptors (Lipinski definition) is 7. The zero-order valence-electron chi connectivity index (χ0n) is 18.7. The molecule has 172 valence electrons. The lowest BCUT2D eigenvalue weighted by Gasteiger charge is -2.20. The molecular weight excluding hydrogens is 433 g/mol. The first-order chi connectivity index (χ1) is 16.4. The smallest absolute Gasteiger partial charge is 0.423 e. The van der Waals surface area contributed by atoms with Crippen LogP contribution in [-0.4, -0.2) is 44.0 Å². The minimum Gasteiger partial charge on any atom is -0.423 e. The third kappa shape index (κ3) is 4.03. The fraction of sp³-hybridized carbons (Fsp3) is 0.208. The fourth-order valence-corrected chi connectivity index (χ4v) is 4.35. The zero-order chi connectivity index (χ0) is 23.8. The summed E-state index contributed by atoms with van der Waals surface area (Å²) in [5.41, 5.74) is 11.6. The van der Waals surface area contributed by atoms with E-state index in [0.29, 0.717) is 54.4 Å². The highest BCUT2D eigenvalue weighted by atomic mass is 16.5. The second-order valence-corrected chi connectivity index (χ2v) is 8.31. The van der Waals surface area contributed by atoms with Gasteiger partial charge in [-0.1, -0.05) is 24.3 Å². The Morgan fingerprint density at radius 3 is 2.88 bits per heavy atom. The number of nitrogens with two attached hydrogens (primary N) is 1. The SMILES string of the molecule is Cc1cc2c(C(N)=O)cccn2c1-c1nc2c(c(NCc3cccc(B(O)O)c3)n1)COCC2. The number of aromatic nitrogens is 3. The quantitative estimate of drug-likeness (QED) is 0.319. The van der Waals surface area contributed by atoms with Gasteiger partial charge in [-0.2, -0.15) is 0 Å². The highest BCUT2D eigenvalue weighted by molar-refractivity contribution is 6.58. The van der Waals surface area contributed by atoms with Gasteiger partial charge in [-0.15, -0.1) is 0 Å². The van der Waals surface area contributed by atoms with E-state index in [1.165, 1.54) is 0 Å². The van der Waals surface area contributed by atoms with Crippen molar-refractivity contribution in [3.63, 3.8) is 0 Å². The summed E-state index contributed by atoms with van der Waals surface area (Å²) in [5.74, 6) is 0.715. The average Bonchev–Trinajstić information content (AvgIpc) is 3.18. The largest absolute Gasteiger partial charge is 0.488 e. The van der Waals surface area contributed by atoms with Crippen LogP contribution < -0.4 is 16.5 Å². The number of amides is 1. The van der Waals surface area contributed by atoms with Crippen LogP contribution >= 0.6 is 0 Å². The molecule has 1 aliphatic heterocycles. The van der Waals surface area contributed by atoms with Crippen molar-refractivity contribution in [2.45, 2.75) is 26.5 Å². The second kappa shape index (κ2) is 8.90. The van der Waals surface area contributed by atoms with Gasteiger partial charge in [0.25, 0.3) is 5.91 Å². The number of ether oxygens (including phenoxy) is 1. The van der Waals surface area contributed by atoms with Gasteiger partial charge in [0.05, 0.1) is 35.7 Å². The lowest BCUT2D eigenvalue weighted by Crippen LogP contribution is -2.30. The average molecular weight is 457 g/mol.